The first-order chi connectivity index (χ1) is 10.7. The van der Waals surface area contributed by atoms with Gasteiger partial charge in [0.2, 0.25) is 0 Å². The minimum atomic E-state index is 0. The monoisotopic (exact) mass is 517 g/mol. The van der Waals surface area contributed by atoms with Gasteiger partial charge in [-0.3, -0.25) is 0 Å². The zero-order chi connectivity index (χ0) is 16.2. The number of nitrogens with zero attached hydrogens (tertiary/aromatic N) is 3. The van der Waals surface area contributed by atoms with Crippen molar-refractivity contribution in [2.45, 2.75) is 13.8 Å². The molecule has 10 heteroatoms. The molecule has 2 aliphatic heterocycles. The van der Waals surface area contributed by atoms with Crippen LogP contribution < -0.4 is 0 Å². The van der Waals surface area contributed by atoms with Gasteiger partial charge in [0.1, 0.15) is 4.32 Å². The molecule has 0 saturated carbocycles. The Morgan fingerprint density at radius 2 is 1.30 bits per heavy atom. The minimum absolute atomic E-state index is 0. The van der Waals surface area contributed by atoms with E-state index in [-0.39, 0.29) is 23.7 Å². The summed E-state index contributed by atoms with van der Waals surface area (Å²) in [7, 11) is 3.69. The van der Waals surface area contributed by atoms with E-state index in [0.29, 0.717) is 4.32 Å². The summed E-state index contributed by atoms with van der Waals surface area (Å²) < 4.78 is 16.0. The molecule has 2 heterocycles. The normalized spacial score (nSPS) is 19.3. The number of thiocarbonyl (C=S) groups is 1. The molecular formula is C13H29N3O2S4Te. The molecule has 0 aromatic rings. The SMILES string of the molecule is C1CN(SSN2CCOCC2)CCO1.CCN(CC)C(=S)S.[TeH2]. The van der Waals surface area contributed by atoms with Crippen molar-refractivity contribution in [1.82, 2.24) is 13.5 Å². The van der Waals surface area contributed by atoms with Crippen molar-refractivity contribution in [2.24, 2.45) is 0 Å². The first-order valence-electron chi connectivity index (χ1n) is 7.65. The van der Waals surface area contributed by atoms with Crippen molar-refractivity contribution in [2.75, 3.05) is 65.7 Å². The van der Waals surface area contributed by atoms with E-state index in [9.17, 15) is 0 Å². The third-order valence-electron chi connectivity index (χ3n) is 3.22. The van der Waals surface area contributed by atoms with Crippen molar-refractivity contribution >= 4 is 74.8 Å². The third-order valence-corrected chi connectivity index (χ3v) is 6.44. The topological polar surface area (TPSA) is 28.2 Å². The summed E-state index contributed by atoms with van der Waals surface area (Å²) in [6, 6.07) is 0. The first-order valence-corrected chi connectivity index (χ1v) is 10.6. The van der Waals surface area contributed by atoms with Gasteiger partial charge >= 0.3 is 23.7 Å². The number of hydrogen-bond donors (Lipinski definition) is 1. The molecular weight excluding hydrogens is 486 g/mol. The van der Waals surface area contributed by atoms with Crippen LogP contribution >= 0.6 is 46.8 Å². The summed E-state index contributed by atoms with van der Waals surface area (Å²) in [5.74, 6) is 0. The van der Waals surface area contributed by atoms with Crippen LogP contribution in [0.5, 0.6) is 0 Å². The van der Waals surface area contributed by atoms with Crippen LogP contribution in [0.4, 0.5) is 0 Å². The summed E-state index contributed by atoms with van der Waals surface area (Å²) in [6.07, 6.45) is 0. The molecule has 2 aliphatic rings. The van der Waals surface area contributed by atoms with E-state index in [0.717, 1.165) is 65.7 Å². The van der Waals surface area contributed by atoms with Gasteiger partial charge in [0, 0.05) is 61.2 Å². The first kappa shape index (κ1) is 24.6. The van der Waals surface area contributed by atoms with E-state index in [4.69, 9.17) is 21.7 Å². The van der Waals surface area contributed by atoms with E-state index >= 15 is 0 Å². The van der Waals surface area contributed by atoms with E-state index in [2.05, 4.69) is 35.1 Å². The van der Waals surface area contributed by atoms with Crippen LogP contribution in [0.3, 0.4) is 0 Å². The van der Waals surface area contributed by atoms with Gasteiger partial charge < -0.3 is 14.4 Å². The molecule has 0 aromatic heterocycles. The Hall–Kier alpha value is 1.57. The number of thiol groups is 1. The van der Waals surface area contributed by atoms with E-state index in [1.54, 1.807) is 0 Å². The molecule has 0 amide bonds. The molecule has 2 fully saturated rings. The molecule has 2 rings (SSSR count). The number of rotatable bonds is 5. The van der Waals surface area contributed by atoms with Gasteiger partial charge in [-0.2, -0.15) is 0 Å². The molecule has 5 nitrogen and oxygen atoms in total. The Bertz CT molecular complexity index is 285. The predicted octanol–water partition coefficient (Wildman–Crippen LogP) is 1.49. The van der Waals surface area contributed by atoms with Crippen LogP contribution in [0, 0.1) is 0 Å². The molecule has 0 radical (unpaired) electrons. The molecule has 0 unspecified atom stereocenters. The molecule has 0 spiro atoms. The Kier molecular flexibility index (Phi) is 16.9. The van der Waals surface area contributed by atoms with Gasteiger partial charge in [0.05, 0.1) is 26.4 Å². The van der Waals surface area contributed by atoms with Crippen molar-refractivity contribution in [3.05, 3.63) is 0 Å². The molecule has 0 aliphatic carbocycles. The van der Waals surface area contributed by atoms with Gasteiger partial charge in [-0.1, -0.05) is 12.2 Å². The van der Waals surface area contributed by atoms with E-state index < -0.39 is 0 Å². The number of ether oxygens (including phenoxy) is 2. The molecule has 138 valence electrons. The fourth-order valence-corrected chi connectivity index (χ4v) is 4.62. The summed E-state index contributed by atoms with van der Waals surface area (Å²) in [5, 5.41) is 0. The van der Waals surface area contributed by atoms with Crippen molar-refractivity contribution in [1.29, 1.82) is 0 Å². The van der Waals surface area contributed by atoms with Crippen LogP contribution in [0.2, 0.25) is 0 Å². The number of morpholine rings is 2. The Morgan fingerprint density at radius 1 is 0.957 bits per heavy atom. The van der Waals surface area contributed by atoms with Gasteiger partial charge in [-0.15, -0.1) is 12.6 Å². The molecule has 0 N–H and O–H groups in total. The fourth-order valence-electron chi connectivity index (χ4n) is 1.83. The van der Waals surface area contributed by atoms with Crippen LogP contribution in [0.15, 0.2) is 0 Å². The summed E-state index contributed by atoms with van der Waals surface area (Å²) in [4.78, 5) is 2.01. The van der Waals surface area contributed by atoms with Gasteiger partial charge in [0.25, 0.3) is 0 Å². The summed E-state index contributed by atoms with van der Waals surface area (Å²) in [5.41, 5.74) is 0. The van der Waals surface area contributed by atoms with Crippen molar-refractivity contribution in [3.63, 3.8) is 0 Å². The summed E-state index contributed by atoms with van der Waals surface area (Å²) >= 11 is 8.82. The maximum absolute atomic E-state index is 5.29. The van der Waals surface area contributed by atoms with Crippen LogP contribution in [0.25, 0.3) is 0 Å². The zero-order valence-electron chi connectivity index (χ0n) is 13.9. The number of hydrogen-bond acceptors (Lipinski definition) is 7. The van der Waals surface area contributed by atoms with Crippen molar-refractivity contribution in [3.8, 4) is 0 Å². The third kappa shape index (κ3) is 11.7. The van der Waals surface area contributed by atoms with Crippen molar-refractivity contribution < 1.29 is 9.47 Å². The Labute approximate surface area is 176 Å². The standard InChI is InChI=1S/C8H16N2O2S2.C5H11NS2.H2Te/c1-5-11-6-2-9(1)13-14-10-3-7-12-8-4-10;1-3-6(4-2)5(7)8;/h1-8H2;3-4H2,1-2H3,(H,7,8);1H2. The van der Waals surface area contributed by atoms with Gasteiger partial charge in [0.15, 0.2) is 0 Å². The average molecular weight is 515 g/mol. The van der Waals surface area contributed by atoms with E-state index in [1.165, 1.54) is 0 Å². The molecule has 0 atom stereocenters. The Balaban J connectivity index is 0.000000469. The second kappa shape index (κ2) is 15.8. The molecule has 0 bridgehead atoms. The van der Waals surface area contributed by atoms with Crippen LogP contribution in [-0.2, 0) is 9.47 Å². The maximum atomic E-state index is 5.29. The molecule has 2 saturated heterocycles. The van der Waals surface area contributed by atoms with Crippen LogP contribution in [0.1, 0.15) is 13.8 Å². The average Bonchev–Trinajstić information content (AvgIpc) is 2.56. The van der Waals surface area contributed by atoms with Crippen LogP contribution in [-0.4, -0.2) is 107 Å². The second-order valence-corrected chi connectivity index (χ2v) is 8.02. The molecule has 0 aromatic carbocycles. The van der Waals surface area contributed by atoms with Gasteiger partial charge in [-0.25, -0.2) is 8.61 Å². The van der Waals surface area contributed by atoms with E-state index in [1.807, 2.05) is 26.9 Å². The van der Waals surface area contributed by atoms with Gasteiger partial charge in [-0.05, 0) is 13.8 Å². The Morgan fingerprint density at radius 3 is 1.52 bits per heavy atom. The predicted molar refractivity (Wildman–Crippen MR) is 113 cm³/mol. The fraction of sp³-hybridized carbons (Fsp3) is 0.923. The quantitative estimate of drug-likeness (QED) is 0.194. The zero-order valence-corrected chi connectivity index (χ0v) is 20.1. The summed E-state index contributed by atoms with van der Waals surface area (Å²) in [6.45, 7) is 13.7. The molecule has 23 heavy (non-hydrogen) atoms. The second-order valence-electron chi connectivity index (χ2n) is 4.69.